The molecule has 3 heteroatoms. The molecular formula is C29H41NO2. The van der Waals surface area contributed by atoms with Crippen LogP contribution in [0.1, 0.15) is 104 Å². The average Bonchev–Trinajstić information content (AvgIpc) is 3.17. The van der Waals surface area contributed by atoms with Crippen molar-refractivity contribution >= 4 is 5.78 Å². The van der Waals surface area contributed by atoms with Gasteiger partial charge in [-0.15, -0.1) is 0 Å². The predicted molar refractivity (Wildman–Crippen MR) is 126 cm³/mol. The topological polar surface area (TPSA) is 43.1 Å². The van der Waals surface area contributed by atoms with Gasteiger partial charge in [0.25, 0.3) is 0 Å². The second kappa shape index (κ2) is 6.39. The molecule has 1 aromatic rings. The van der Waals surface area contributed by atoms with Crippen LogP contribution in [-0.2, 0) is 11.2 Å². The summed E-state index contributed by atoms with van der Waals surface area (Å²) in [6.45, 7) is 14.7. The number of carbonyl (C=O) groups is 1. The molecule has 0 N–H and O–H groups in total. The van der Waals surface area contributed by atoms with Gasteiger partial charge in [-0.05, 0) is 96.9 Å². The maximum Gasteiger partial charge on any atom is 0.159 e. The van der Waals surface area contributed by atoms with Gasteiger partial charge in [0.05, 0.1) is 6.20 Å². The zero-order valence-electron chi connectivity index (χ0n) is 21.0. The van der Waals surface area contributed by atoms with Gasteiger partial charge < -0.3 is 4.52 Å². The minimum absolute atomic E-state index is 0.0251. The van der Waals surface area contributed by atoms with Gasteiger partial charge in [-0.1, -0.05) is 52.3 Å². The number of hydrogen-bond donors (Lipinski definition) is 0. The molecule has 3 nitrogen and oxygen atoms in total. The van der Waals surface area contributed by atoms with E-state index in [1.54, 1.807) is 0 Å². The quantitative estimate of drug-likeness (QED) is 0.435. The van der Waals surface area contributed by atoms with E-state index in [1.807, 2.05) is 6.20 Å². The third-order valence-corrected chi connectivity index (χ3v) is 11.8. The van der Waals surface area contributed by atoms with E-state index in [2.05, 4.69) is 52.8 Å². The van der Waals surface area contributed by atoms with Gasteiger partial charge in [-0.2, -0.15) is 0 Å². The van der Waals surface area contributed by atoms with Gasteiger partial charge in [0.2, 0.25) is 0 Å². The molecule has 0 bridgehead atoms. The van der Waals surface area contributed by atoms with E-state index in [4.69, 9.17) is 4.52 Å². The zero-order chi connectivity index (χ0) is 22.7. The SMILES string of the molecule is C[C@@H]1c2oncc2C[C@]2(C)C3=CC(=O)C4C5CC(C)(C)CC[C@H]5CC[C@@]4(C)[C@]3(C)CC[C@@H]12. The molecule has 1 aromatic heterocycles. The standard InChI is InChI=1S/C29H41NO2/c1-17-21-9-12-28(5)23(27(21,4)14-19-16-30-32-25(17)19)13-22(31)24-20-15-26(2,3)10-7-18(20)8-11-29(24,28)6/h13,16-18,20-21,24H,7-12,14-15H2,1-6H3/t17-,18-,20?,21-,24?,27-,28+,29+/m0/s1. The molecule has 6 rings (SSSR count). The summed E-state index contributed by atoms with van der Waals surface area (Å²) in [5.74, 6) is 3.98. The highest BCUT2D eigenvalue weighted by Crippen LogP contribution is 2.72. The first-order chi connectivity index (χ1) is 15.0. The number of hydrogen-bond acceptors (Lipinski definition) is 3. The van der Waals surface area contributed by atoms with Crippen molar-refractivity contribution in [1.82, 2.24) is 5.16 Å². The van der Waals surface area contributed by atoms with Crippen LogP contribution >= 0.6 is 0 Å². The number of nitrogens with zero attached hydrogens (tertiary/aromatic N) is 1. The number of fused-ring (bicyclic) bond motifs is 8. The Morgan fingerprint density at radius 3 is 2.56 bits per heavy atom. The second-order valence-electron chi connectivity index (χ2n) is 13.8. The van der Waals surface area contributed by atoms with Crippen LogP contribution in [0.2, 0.25) is 0 Å². The van der Waals surface area contributed by atoms with Crippen LogP contribution in [0.3, 0.4) is 0 Å². The Hall–Kier alpha value is -1.38. The fourth-order valence-electron chi connectivity index (χ4n) is 9.96. The smallest absolute Gasteiger partial charge is 0.159 e. The van der Waals surface area contributed by atoms with Crippen LogP contribution in [0.25, 0.3) is 0 Å². The Morgan fingerprint density at radius 2 is 1.78 bits per heavy atom. The number of carbonyl (C=O) groups excluding carboxylic acids is 1. The molecule has 174 valence electrons. The zero-order valence-corrected chi connectivity index (χ0v) is 21.0. The van der Waals surface area contributed by atoms with E-state index in [-0.39, 0.29) is 22.2 Å². The molecule has 0 amide bonds. The van der Waals surface area contributed by atoms with E-state index in [1.165, 1.54) is 56.1 Å². The van der Waals surface area contributed by atoms with Crippen molar-refractivity contribution in [2.75, 3.05) is 0 Å². The summed E-state index contributed by atoms with van der Waals surface area (Å²) in [6.07, 6.45) is 13.9. The first kappa shape index (κ1) is 21.2. The fraction of sp³-hybridized carbons (Fsp3) is 0.793. The molecule has 0 radical (unpaired) electrons. The van der Waals surface area contributed by atoms with Crippen LogP contribution in [0.15, 0.2) is 22.4 Å². The average molecular weight is 436 g/mol. The highest BCUT2D eigenvalue weighted by atomic mass is 16.5. The van der Waals surface area contributed by atoms with Gasteiger partial charge in [0.15, 0.2) is 5.78 Å². The molecule has 5 aliphatic rings. The normalized spacial score (nSPS) is 49.1. The number of allylic oxidation sites excluding steroid dienone is 2. The van der Waals surface area contributed by atoms with E-state index in [9.17, 15) is 4.79 Å². The van der Waals surface area contributed by atoms with Crippen molar-refractivity contribution in [3.8, 4) is 0 Å². The van der Waals surface area contributed by atoms with Gasteiger partial charge in [0.1, 0.15) is 5.76 Å². The Balaban J connectivity index is 1.47. The third-order valence-electron chi connectivity index (χ3n) is 11.8. The van der Waals surface area contributed by atoms with Gasteiger partial charge in [-0.3, -0.25) is 4.79 Å². The lowest BCUT2D eigenvalue weighted by Crippen LogP contribution is -2.62. The Labute approximate surface area is 193 Å². The lowest BCUT2D eigenvalue weighted by Gasteiger charge is -2.67. The van der Waals surface area contributed by atoms with Gasteiger partial charge >= 0.3 is 0 Å². The van der Waals surface area contributed by atoms with E-state index in [0.717, 1.165) is 18.1 Å². The first-order valence-corrected chi connectivity index (χ1v) is 13.2. The van der Waals surface area contributed by atoms with Crippen LogP contribution in [0.4, 0.5) is 0 Å². The van der Waals surface area contributed by atoms with Crippen molar-refractivity contribution in [3.63, 3.8) is 0 Å². The monoisotopic (exact) mass is 435 g/mol. The summed E-state index contributed by atoms with van der Waals surface area (Å²) in [5.41, 5.74) is 3.32. The molecule has 1 heterocycles. The maximum absolute atomic E-state index is 14.1. The van der Waals surface area contributed by atoms with Gasteiger partial charge in [-0.25, -0.2) is 0 Å². The minimum Gasteiger partial charge on any atom is -0.361 e. The van der Waals surface area contributed by atoms with Crippen molar-refractivity contribution in [3.05, 3.63) is 29.2 Å². The fourth-order valence-corrected chi connectivity index (χ4v) is 9.96. The maximum atomic E-state index is 14.1. The molecule has 3 fully saturated rings. The summed E-state index contributed by atoms with van der Waals surface area (Å²) >= 11 is 0. The first-order valence-electron chi connectivity index (χ1n) is 13.2. The Bertz CT molecular complexity index is 1000. The molecule has 0 spiro atoms. The molecule has 0 saturated heterocycles. The van der Waals surface area contributed by atoms with Crippen LogP contribution < -0.4 is 0 Å². The highest BCUT2D eigenvalue weighted by molar-refractivity contribution is 5.95. The molecule has 5 aliphatic carbocycles. The number of aromatic nitrogens is 1. The molecule has 3 saturated carbocycles. The molecule has 32 heavy (non-hydrogen) atoms. The summed E-state index contributed by atoms with van der Waals surface area (Å²) in [5, 5.41) is 4.16. The van der Waals surface area contributed by atoms with Gasteiger partial charge in [0, 0.05) is 17.4 Å². The summed E-state index contributed by atoms with van der Waals surface area (Å²) in [4.78, 5) is 14.1. The van der Waals surface area contributed by atoms with E-state index >= 15 is 0 Å². The van der Waals surface area contributed by atoms with Crippen LogP contribution in [0.5, 0.6) is 0 Å². The van der Waals surface area contributed by atoms with Crippen molar-refractivity contribution in [2.45, 2.75) is 98.8 Å². The van der Waals surface area contributed by atoms with Crippen LogP contribution in [0, 0.1) is 45.3 Å². The lowest BCUT2D eigenvalue weighted by atomic mass is 9.36. The predicted octanol–water partition coefficient (Wildman–Crippen LogP) is 7.12. The summed E-state index contributed by atoms with van der Waals surface area (Å²) in [6, 6.07) is 0. The van der Waals surface area contributed by atoms with E-state index in [0.29, 0.717) is 29.0 Å². The molecular weight excluding hydrogens is 394 g/mol. The largest absolute Gasteiger partial charge is 0.361 e. The summed E-state index contributed by atoms with van der Waals surface area (Å²) in [7, 11) is 0. The third kappa shape index (κ3) is 2.49. The van der Waals surface area contributed by atoms with E-state index < -0.39 is 0 Å². The van der Waals surface area contributed by atoms with Crippen LogP contribution in [-0.4, -0.2) is 10.9 Å². The number of rotatable bonds is 0. The summed E-state index contributed by atoms with van der Waals surface area (Å²) < 4.78 is 5.69. The van der Waals surface area contributed by atoms with Crippen molar-refractivity contribution < 1.29 is 9.32 Å². The molecule has 0 aromatic carbocycles. The molecule has 2 unspecified atom stereocenters. The van der Waals surface area contributed by atoms with Crippen molar-refractivity contribution in [1.29, 1.82) is 0 Å². The van der Waals surface area contributed by atoms with Crippen molar-refractivity contribution in [2.24, 2.45) is 45.3 Å². The Morgan fingerprint density at radius 1 is 1.03 bits per heavy atom. The Kier molecular flexibility index (Phi) is 4.23. The highest BCUT2D eigenvalue weighted by Gasteiger charge is 2.66. The molecule has 0 aliphatic heterocycles. The minimum atomic E-state index is 0.0251. The lowest BCUT2D eigenvalue weighted by molar-refractivity contribution is -0.153. The molecule has 8 atom stereocenters. The number of ketones is 1. The second-order valence-corrected chi connectivity index (χ2v) is 13.8.